The Morgan fingerprint density at radius 1 is 1.35 bits per heavy atom. The number of rotatable bonds is 3. The molecule has 1 fully saturated rings. The molecule has 1 aliphatic carbocycles. The highest BCUT2D eigenvalue weighted by molar-refractivity contribution is 9.10. The summed E-state index contributed by atoms with van der Waals surface area (Å²) in [5.41, 5.74) is 2.52. The van der Waals surface area contributed by atoms with Gasteiger partial charge in [0.15, 0.2) is 0 Å². The molecule has 1 saturated carbocycles. The van der Waals surface area contributed by atoms with E-state index in [0.29, 0.717) is 12.0 Å². The van der Waals surface area contributed by atoms with Crippen molar-refractivity contribution in [2.24, 2.45) is 0 Å². The maximum Gasteiger partial charge on any atom is 0.0725 e. The van der Waals surface area contributed by atoms with Gasteiger partial charge >= 0.3 is 0 Å². The van der Waals surface area contributed by atoms with E-state index in [2.05, 4.69) is 55.7 Å². The van der Waals surface area contributed by atoms with E-state index in [4.69, 9.17) is 0 Å². The third-order valence-corrected chi connectivity index (χ3v) is 3.82. The van der Waals surface area contributed by atoms with Crippen molar-refractivity contribution in [3.05, 3.63) is 46.7 Å². The molecule has 1 aromatic carbocycles. The molecule has 3 nitrogen and oxygen atoms in total. The van der Waals surface area contributed by atoms with Crippen molar-refractivity contribution in [2.45, 2.75) is 24.8 Å². The summed E-state index contributed by atoms with van der Waals surface area (Å²) in [7, 11) is 0. The fraction of sp³-hybridized carbons (Fsp3) is 0.308. The highest BCUT2D eigenvalue weighted by atomic mass is 79.9. The molecule has 1 heterocycles. The van der Waals surface area contributed by atoms with Gasteiger partial charge in [0.2, 0.25) is 0 Å². The molecule has 0 bridgehead atoms. The molecule has 2 aromatic rings. The number of nitrogens with one attached hydrogen (secondary N) is 2. The van der Waals surface area contributed by atoms with Crippen LogP contribution in [0.1, 0.15) is 24.3 Å². The van der Waals surface area contributed by atoms with Crippen molar-refractivity contribution in [3.8, 4) is 0 Å². The Morgan fingerprint density at radius 3 is 2.94 bits per heavy atom. The molecule has 0 spiro atoms. The number of aromatic nitrogens is 2. The van der Waals surface area contributed by atoms with Crippen molar-refractivity contribution in [2.75, 3.05) is 5.32 Å². The van der Waals surface area contributed by atoms with E-state index >= 15 is 0 Å². The minimum Gasteiger partial charge on any atom is -0.380 e. The molecule has 1 aromatic heterocycles. The molecular weight excluding hydrogens is 278 g/mol. The smallest absolute Gasteiger partial charge is 0.0725 e. The maximum atomic E-state index is 3.93. The van der Waals surface area contributed by atoms with E-state index in [-0.39, 0.29) is 0 Å². The predicted octanol–water partition coefficient (Wildman–Crippen LogP) is 3.53. The van der Waals surface area contributed by atoms with Crippen molar-refractivity contribution in [1.29, 1.82) is 0 Å². The van der Waals surface area contributed by atoms with Gasteiger partial charge in [0.1, 0.15) is 0 Å². The first-order chi connectivity index (χ1) is 8.31. The van der Waals surface area contributed by atoms with Crippen LogP contribution < -0.4 is 5.32 Å². The van der Waals surface area contributed by atoms with E-state index in [0.717, 1.165) is 5.69 Å². The quantitative estimate of drug-likeness (QED) is 0.908. The minimum absolute atomic E-state index is 0.580. The third-order valence-electron chi connectivity index (χ3n) is 3.33. The standard InChI is InChI=1S/C13H14BrN3/c14-11-3-1-2-9(4-11)10-5-12(6-10)17-13-7-15-16-8-13/h1-4,7-8,10,12,17H,5-6H2,(H,15,16). The molecule has 0 saturated heterocycles. The monoisotopic (exact) mass is 291 g/mol. The van der Waals surface area contributed by atoms with Crippen LogP contribution in [0.3, 0.4) is 0 Å². The van der Waals surface area contributed by atoms with Crippen molar-refractivity contribution in [3.63, 3.8) is 0 Å². The second-order valence-electron chi connectivity index (χ2n) is 4.55. The number of hydrogen-bond acceptors (Lipinski definition) is 2. The van der Waals surface area contributed by atoms with Crippen molar-refractivity contribution >= 4 is 21.6 Å². The number of aromatic amines is 1. The van der Waals surface area contributed by atoms with E-state index in [1.54, 1.807) is 0 Å². The number of halogens is 1. The number of benzene rings is 1. The van der Waals surface area contributed by atoms with Gasteiger partial charge in [-0.1, -0.05) is 28.1 Å². The lowest BCUT2D eigenvalue weighted by Crippen LogP contribution is -2.33. The lowest BCUT2D eigenvalue weighted by molar-refractivity contribution is 0.374. The Balaban J connectivity index is 1.58. The van der Waals surface area contributed by atoms with Crippen LogP contribution in [0.25, 0.3) is 0 Å². The lowest BCUT2D eigenvalue weighted by Gasteiger charge is -2.36. The summed E-state index contributed by atoms with van der Waals surface area (Å²) in [6, 6.07) is 9.19. The molecule has 0 unspecified atom stereocenters. The third kappa shape index (κ3) is 2.36. The minimum atomic E-state index is 0.580. The van der Waals surface area contributed by atoms with Gasteiger partial charge in [0, 0.05) is 16.7 Å². The summed E-state index contributed by atoms with van der Waals surface area (Å²) in [5.74, 6) is 0.692. The Bertz CT molecular complexity index is 489. The van der Waals surface area contributed by atoms with Crippen LogP contribution in [0, 0.1) is 0 Å². The van der Waals surface area contributed by atoms with Crippen LogP contribution in [0.4, 0.5) is 5.69 Å². The van der Waals surface area contributed by atoms with Crippen molar-refractivity contribution < 1.29 is 0 Å². The van der Waals surface area contributed by atoms with Gasteiger partial charge in [-0.2, -0.15) is 5.10 Å². The summed E-state index contributed by atoms with van der Waals surface area (Å²) < 4.78 is 1.17. The van der Waals surface area contributed by atoms with Gasteiger partial charge in [-0.05, 0) is 36.5 Å². The van der Waals surface area contributed by atoms with Gasteiger partial charge in [0.25, 0.3) is 0 Å². The molecule has 2 N–H and O–H groups in total. The molecule has 0 aliphatic heterocycles. The summed E-state index contributed by atoms with van der Waals surface area (Å²) in [6.45, 7) is 0. The van der Waals surface area contributed by atoms with Gasteiger partial charge in [0.05, 0.1) is 11.9 Å². The van der Waals surface area contributed by atoms with E-state index in [1.165, 1.54) is 22.9 Å². The largest absolute Gasteiger partial charge is 0.380 e. The topological polar surface area (TPSA) is 40.7 Å². The lowest BCUT2D eigenvalue weighted by atomic mass is 9.76. The Hall–Kier alpha value is -1.29. The maximum absolute atomic E-state index is 3.93. The van der Waals surface area contributed by atoms with Gasteiger partial charge in [-0.25, -0.2) is 0 Å². The average Bonchev–Trinajstić information content (AvgIpc) is 2.75. The molecule has 0 radical (unpaired) electrons. The zero-order chi connectivity index (χ0) is 11.7. The molecular formula is C13H14BrN3. The van der Waals surface area contributed by atoms with Crippen LogP contribution >= 0.6 is 15.9 Å². The highest BCUT2D eigenvalue weighted by Crippen LogP contribution is 2.38. The summed E-state index contributed by atoms with van der Waals surface area (Å²) >= 11 is 3.52. The fourth-order valence-electron chi connectivity index (χ4n) is 2.33. The normalized spacial score (nSPS) is 23.1. The zero-order valence-corrected chi connectivity index (χ0v) is 10.9. The summed E-state index contributed by atoms with van der Waals surface area (Å²) in [4.78, 5) is 0. The average molecular weight is 292 g/mol. The van der Waals surface area contributed by atoms with Gasteiger partial charge in [-0.3, -0.25) is 5.10 Å². The number of hydrogen-bond donors (Lipinski definition) is 2. The second-order valence-corrected chi connectivity index (χ2v) is 5.47. The Kier molecular flexibility index (Phi) is 2.89. The predicted molar refractivity (Wildman–Crippen MR) is 72.1 cm³/mol. The number of anilines is 1. The van der Waals surface area contributed by atoms with Crippen LogP contribution in [0.15, 0.2) is 41.1 Å². The van der Waals surface area contributed by atoms with Crippen molar-refractivity contribution in [1.82, 2.24) is 10.2 Å². The van der Waals surface area contributed by atoms with E-state index in [9.17, 15) is 0 Å². The van der Waals surface area contributed by atoms with Crippen LogP contribution in [-0.4, -0.2) is 16.2 Å². The number of nitrogens with zero attached hydrogens (tertiary/aromatic N) is 1. The highest BCUT2D eigenvalue weighted by Gasteiger charge is 2.30. The first-order valence-corrected chi connectivity index (χ1v) is 6.61. The summed E-state index contributed by atoms with van der Waals surface area (Å²) in [5, 5.41) is 10.2. The fourth-order valence-corrected chi connectivity index (χ4v) is 2.75. The van der Waals surface area contributed by atoms with Gasteiger partial charge < -0.3 is 5.32 Å². The second kappa shape index (κ2) is 4.53. The zero-order valence-electron chi connectivity index (χ0n) is 9.36. The molecule has 1 aliphatic rings. The van der Waals surface area contributed by atoms with E-state index in [1.807, 2.05) is 12.4 Å². The molecule has 0 atom stereocenters. The number of H-pyrrole nitrogens is 1. The molecule has 3 rings (SSSR count). The first kappa shape index (κ1) is 10.8. The molecule has 0 amide bonds. The Labute approximate surface area is 109 Å². The molecule has 4 heteroatoms. The first-order valence-electron chi connectivity index (χ1n) is 5.82. The Morgan fingerprint density at radius 2 is 2.24 bits per heavy atom. The van der Waals surface area contributed by atoms with E-state index < -0.39 is 0 Å². The van der Waals surface area contributed by atoms with Crippen LogP contribution in [0.5, 0.6) is 0 Å². The molecule has 17 heavy (non-hydrogen) atoms. The van der Waals surface area contributed by atoms with Crippen LogP contribution in [0.2, 0.25) is 0 Å². The van der Waals surface area contributed by atoms with Gasteiger partial charge in [-0.15, -0.1) is 0 Å². The molecule has 88 valence electrons. The van der Waals surface area contributed by atoms with Crippen LogP contribution in [-0.2, 0) is 0 Å². The summed E-state index contributed by atoms with van der Waals surface area (Å²) in [6.07, 6.45) is 6.11. The SMILES string of the molecule is Brc1cccc(C2CC(Nc3cn[nH]c3)C2)c1.